The van der Waals surface area contributed by atoms with E-state index in [2.05, 4.69) is 75.9 Å². The van der Waals surface area contributed by atoms with Crippen molar-refractivity contribution in [2.45, 2.75) is 53.1 Å². The van der Waals surface area contributed by atoms with Crippen molar-refractivity contribution in [3.8, 4) is 5.82 Å². The largest absolute Gasteiger partial charge is 0.372 e. The number of anilines is 1. The van der Waals surface area contributed by atoms with Gasteiger partial charge in [-0.1, -0.05) is 18.2 Å². The molecule has 0 amide bonds. The Morgan fingerprint density at radius 2 is 1.94 bits per heavy atom. The van der Waals surface area contributed by atoms with Crippen LogP contribution in [0, 0.1) is 13.8 Å². The molecule has 2 aromatic heterocycles. The van der Waals surface area contributed by atoms with Gasteiger partial charge in [-0.05, 0) is 75.9 Å². The molecule has 33 heavy (non-hydrogen) atoms. The first-order valence-corrected chi connectivity index (χ1v) is 11.9. The van der Waals surface area contributed by atoms with Crippen molar-refractivity contribution >= 4 is 11.6 Å². The van der Waals surface area contributed by atoms with E-state index in [0.717, 1.165) is 48.4 Å². The number of aryl methyl sites for hydroxylation is 2. The van der Waals surface area contributed by atoms with Crippen molar-refractivity contribution in [3.05, 3.63) is 71.2 Å². The predicted molar refractivity (Wildman–Crippen MR) is 135 cm³/mol. The Balaban J connectivity index is 1.42. The van der Waals surface area contributed by atoms with Crippen LogP contribution in [0.4, 0.5) is 5.69 Å². The van der Waals surface area contributed by atoms with E-state index in [-0.39, 0.29) is 6.04 Å². The Hall–Kier alpha value is -3.35. The number of benzene rings is 1. The van der Waals surface area contributed by atoms with E-state index in [0.29, 0.717) is 6.54 Å². The number of guanidine groups is 1. The highest BCUT2D eigenvalue weighted by atomic mass is 15.3. The summed E-state index contributed by atoms with van der Waals surface area (Å²) in [7, 11) is 0. The molecule has 0 aliphatic carbocycles. The minimum Gasteiger partial charge on any atom is -0.372 e. The quantitative estimate of drug-likeness (QED) is 0.419. The lowest BCUT2D eigenvalue weighted by molar-refractivity contribution is 0.686. The highest BCUT2D eigenvalue weighted by Crippen LogP contribution is 2.24. The standard InChI is InChI=1S/C26H35N7/c1-5-27-26(30-21(4)23-9-8-10-24(16-23)32-13-6-7-14-32)29-18-22-11-12-25(28-17-22)33-20(3)15-19(2)31-33/h8-12,15-17,21H,5-7,13-14,18H2,1-4H3,(H2,27,29,30). The molecule has 174 valence electrons. The van der Waals surface area contributed by atoms with Gasteiger partial charge in [0, 0.05) is 37.2 Å². The fourth-order valence-corrected chi connectivity index (χ4v) is 4.24. The smallest absolute Gasteiger partial charge is 0.192 e. The van der Waals surface area contributed by atoms with Crippen LogP contribution in [0.1, 0.15) is 55.2 Å². The van der Waals surface area contributed by atoms with E-state index in [1.807, 2.05) is 30.8 Å². The summed E-state index contributed by atoms with van der Waals surface area (Å²) in [5.74, 6) is 1.63. The van der Waals surface area contributed by atoms with Crippen LogP contribution in [0.25, 0.3) is 5.82 Å². The number of aliphatic imine (C=N–C) groups is 1. The van der Waals surface area contributed by atoms with Crippen LogP contribution in [0.15, 0.2) is 53.7 Å². The summed E-state index contributed by atoms with van der Waals surface area (Å²) in [6.07, 6.45) is 4.44. The molecule has 7 heteroatoms. The third kappa shape index (κ3) is 5.72. The van der Waals surface area contributed by atoms with Gasteiger partial charge in [-0.15, -0.1) is 0 Å². The maximum Gasteiger partial charge on any atom is 0.192 e. The first-order chi connectivity index (χ1) is 16.0. The monoisotopic (exact) mass is 445 g/mol. The van der Waals surface area contributed by atoms with Gasteiger partial charge in [0.15, 0.2) is 11.8 Å². The molecule has 0 saturated carbocycles. The van der Waals surface area contributed by atoms with E-state index >= 15 is 0 Å². The van der Waals surface area contributed by atoms with Gasteiger partial charge in [-0.3, -0.25) is 0 Å². The summed E-state index contributed by atoms with van der Waals surface area (Å²) in [4.78, 5) is 11.9. The second-order valence-corrected chi connectivity index (χ2v) is 8.71. The van der Waals surface area contributed by atoms with Crippen LogP contribution < -0.4 is 15.5 Å². The summed E-state index contributed by atoms with van der Waals surface area (Å²) in [6.45, 7) is 12.0. The van der Waals surface area contributed by atoms with Gasteiger partial charge in [0.2, 0.25) is 0 Å². The molecule has 1 saturated heterocycles. The molecule has 3 heterocycles. The van der Waals surface area contributed by atoms with Crippen molar-refractivity contribution in [1.29, 1.82) is 0 Å². The Bertz CT molecular complexity index is 1080. The van der Waals surface area contributed by atoms with Crippen molar-refractivity contribution in [1.82, 2.24) is 25.4 Å². The van der Waals surface area contributed by atoms with Crippen LogP contribution >= 0.6 is 0 Å². The third-order valence-electron chi connectivity index (χ3n) is 5.99. The van der Waals surface area contributed by atoms with Crippen molar-refractivity contribution in [2.24, 2.45) is 4.99 Å². The molecular weight excluding hydrogens is 410 g/mol. The summed E-state index contributed by atoms with van der Waals surface area (Å²) in [6, 6.07) is 15.1. The first kappa shape index (κ1) is 22.8. The van der Waals surface area contributed by atoms with Crippen LogP contribution in [0.2, 0.25) is 0 Å². The number of rotatable bonds is 7. The lowest BCUT2D eigenvalue weighted by Crippen LogP contribution is -2.38. The SMILES string of the molecule is CCNC(=NCc1ccc(-n2nc(C)cc2C)nc1)NC(C)c1cccc(N2CCCC2)c1. The zero-order valence-electron chi connectivity index (χ0n) is 20.2. The normalized spacial score (nSPS) is 15.0. The van der Waals surface area contributed by atoms with Gasteiger partial charge in [0.25, 0.3) is 0 Å². The van der Waals surface area contributed by atoms with Crippen LogP contribution in [0.3, 0.4) is 0 Å². The van der Waals surface area contributed by atoms with Crippen molar-refractivity contribution in [3.63, 3.8) is 0 Å². The van der Waals surface area contributed by atoms with E-state index in [4.69, 9.17) is 4.99 Å². The topological polar surface area (TPSA) is 70.4 Å². The average molecular weight is 446 g/mol. The van der Waals surface area contributed by atoms with Crippen molar-refractivity contribution in [2.75, 3.05) is 24.5 Å². The molecule has 0 spiro atoms. The molecule has 3 aromatic rings. The van der Waals surface area contributed by atoms with Gasteiger partial charge in [-0.25, -0.2) is 14.7 Å². The van der Waals surface area contributed by atoms with Gasteiger partial charge < -0.3 is 15.5 Å². The first-order valence-electron chi connectivity index (χ1n) is 11.9. The average Bonchev–Trinajstić information content (AvgIpc) is 3.48. The summed E-state index contributed by atoms with van der Waals surface area (Å²) >= 11 is 0. The highest BCUT2D eigenvalue weighted by molar-refractivity contribution is 5.80. The van der Waals surface area contributed by atoms with E-state index < -0.39 is 0 Å². The number of pyridine rings is 1. The summed E-state index contributed by atoms with van der Waals surface area (Å²) in [5, 5.41) is 11.4. The minimum atomic E-state index is 0.150. The lowest BCUT2D eigenvalue weighted by Gasteiger charge is -2.22. The zero-order valence-corrected chi connectivity index (χ0v) is 20.2. The Kier molecular flexibility index (Phi) is 7.27. The number of nitrogens with one attached hydrogen (secondary N) is 2. The molecule has 1 aliphatic heterocycles. The molecule has 0 radical (unpaired) electrons. The fourth-order valence-electron chi connectivity index (χ4n) is 4.24. The van der Waals surface area contributed by atoms with Gasteiger partial charge in [-0.2, -0.15) is 5.10 Å². The van der Waals surface area contributed by atoms with E-state index in [9.17, 15) is 0 Å². The molecule has 1 unspecified atom stereocenters. The molecule has 7 nitrogen and oxygen atoms in total. The number of nitrogens with zero attached hydrogens (tertiary/aromatic N) is 5. The van der Waals surface area contributed by atoms with Gasteiger partial charge in [0.1, 0.15) is 0 Å². The van der Waals surface area contributed by atoms with Crippen LogP contribution in [0.5, 0.6) is 0 Å². The molecule has 4 rings (SSSR count). The van der Waals surface area contributed by atoms with Gasteiger partial charge in [0.05, 0.1) is 18.3 Å². The molecular formula is C26H35N7. The lowest BCUT2D eigenvalue weighted by atomic mass is 10.1. The third-order valence-corrected chi connectivity index (χ3v) is 5.99. The zero-order chi connectivity index (χ0) is 23.2. The van der Waals surface area contributed by atoms with Crippen LogP contribution in [-0.2, 0) is 6.54 Å². The maximum atomic E-state index is 4.79. The van der Waals surface area contributed by atoms with E-state index in [1.165, 1.54) is 24.1 Å². The molecule has 1 aliphatic rings. The Morgan fingerprint density at radius 1 is 1.12 bits per heavy atom. The Labute approximate surface area is 197 Å². The maximum absolute atomic E-state index is 4.79. The summed E-state index contributed by atoms with van der Waals surface area (Å²) in [5.41, 5.74) is 5.70. The second kappa shape index (κ2) is 10.5. The number of hydrogen-bond donors (Lipinski definition) is 2. The summed E-state index contributed by atoms with van der Waals surface area (Å²) < 4.78 is 1.87. The molecule has 0 bridgehead atoms. The Morgan fingerprint density at radius 3 is 2.61 bits per heavy atom. The van der Waals surface area contributed by atoms with Gasteiger partial charge >= 0.3 is 0 Å². The number of aromatic nitrogens is 3. The minimum absolute atomic E-state index is 0.150. The second-order valence-electron chi connectivity index (χ2n) is 8.71. The molecule has 1 aromatic carbocycles. The molecule has 2 N–H and O–H groups in total. The fraction of sp³-hybridized carbons (Fsp3) is 0.423. The molecule has 1 fully saturated rings. The predicted octanol–water partition coefficient (Wildman–Crippen LogP) is 4.30. The number of hydrogen-bond acceptors (Lipinski definition) is 4. The molecule has 1 atom stereocenters. The van der Waals surface area contributed by atoms with Crippen molar-refractivity contribution < 1.29 is 0 Å². The van der Waals surface area contributed by atoms with E-state index in [1.54, 1.807) is 0 Å². The van der Waals surface area contributed by atoms with Crippen LogP contribution in [-0.4, -0.2) is 40.4 Å². The highest BCUT2D eigenvalue weighted by Gasteiger charge is 2.14.